The third kappa shape index (κ3) is 5.89. The van der Waals surface area contributed by atoms with Crippen LogP contribution in [0.4, 0.5) is 5.69 Å². The van der Waals surface area contributed by atoms with Gasteiger partial charge in [0.1, 0.15) is 11.5 Å². The molecular formula is C19H24N2O5S. The van der Waals surface area contributed by atoms with Crippen LogP contribution in [0.2, 0.25) is 0 Å². The summed E-state index contributed by atoms with van der Waals surface area (Å²) in [6.45, 7) is 1.75. The highest BCUT2D eigenvalue weighted by molar-refractivity contribution is 7.92. The lowest BCUT2D eigenvalue weighted by atomic mass is 10.1. The van der Waals surface area contributed by atoms with E-state index in [2.05, 4.69) is 5.32 Å². The van der Waals surface area contributed by atoms with Crippen molar-refractivity contribution in [3.63, 3.8) is 0 Å². The molecule has 2 aromatic carbocycles. The quantitative estimate of drug-likeness (QED) is 0.745. The molecule has 0 aliphatic heterocycles. The Hall–Kier alpha value is -2.74. The molecule has 0 bridgehead atoms. The number of ether oxygens (including phenoxy) is 2. The predicted molar refractivity (Wildman–Crippen MR) is 105 cm³/mol. The van der Waals surface area contributed by atoms with Gasteiger partial charge in [-0.1, -0.05) is 12.1 Å². The van der Waals surface area contributed by atoms with E-state index in [0.29, 0.717) is 11.4 Å². The molecule has 0 fully saturated rings. The van der Waals surface area contributed by atoms with Crippen LogP contribution in [0.25, 0.3) is 0 Å². The number of methoxy groups -OCH3 is 1. The van der Waals surface area contributed by atoms with Gasteiger partial charge in [0.05, 0.1) is 25.1 Å². The summed E-state index contributed by atoms with van der Waals surface area (Å²) in [7, 11) is -0.246. The highest BCUT2D eigenvalue weighted by atomic mass is 32.2. The number of benzene rings is 2. The fourth-order valence-electron chi connectivity index (χ4n) is 2.35. The van der Waals surface area contributed by atoms with Crippen LogP contribution in [0, 0.1) is 0 Å². The summed E-state index contributed by atoms with van der Waals surface area (Å²) in [4.78, 5) is 12.1. The van der Waals surface area contributed by atoms with E-state index >= 15 is 0 Å². The second-order valence-electron chi connectivity index (χ2n) is 6.08. The molecule has 146 valence electrons. The van der Waals surface area contributed by atoms with Gasteiger partial charge in [-0.15, -0.1) is 0 Å². The molecule has 27 heavy (non-hydrogen) atoms. The third-order valence-corrected chi connectivity index (χ3v) is 5.27. The van der Waals surface area contributed by atoms with E-state index in [9.17, 15) is 13.2 Å². The average Bonchev–Trinajstić information content (AvgIpc) is 2.65. The van der Waals surface area contributed by atoms with Gasteiger partial charge in [0.15, 0.2) is 6.61 Å². The number of rotatable bonds is 8. The van der Waals surface area contributed by atoms with E-state index < -0.39 is 10.0 Å². The fourth-order valence-corrected chi connectivity index (χ4v) is 2.86. The fraction of sp³-hybridized carbons (Fsp3) is 0.316. The zero-order valence-electron chi connectivity index (χ0n) is 15.8. The van der Waals surface area contributed by atoms with E-state index in [-0.39, 0.29) is 18.6 Å². The minimum Gasteiger partial charge on any atom is -0.497 e. The maximum atomic E-state index is 12.1. The maximum absolute atomic E-state index is 12.1. The normalized spacial score (nSPS) is 12.1. The van der Waals surface area contributed by atoms with Crippen LogP contribution < -0.4 is 19.1 Å². The monoisotopic (exact) mass is 392 g/mol. The van der Waals surface area contributed by atoms with Crippen molar-refractivity contribution in [1.82, 2.24) is 5.32 Å². The number of anilines is 1. The molecule has 2 rings (SSSR count). The Labute approximate surface area is 160 Å². The Balaban J connectivity index is 1.87. The topological polar surface area (TPSA) is 84.9 Å². The highest BCUT2D eigenvalue weighted by Crippen LogP contribution is 2.20. The molecule has 0 spiro atoms. The van der Waals surface area contributed by atoms with Crippen LogP contribution in [0.1, 0.15) is 18.5 Å². The van der Waals surface area contributed by atoms with Gasteiger partial charge < -0.3 is 14.8 Å². The van der Waals surface area contributed by atoms with Crippen molar-refractivity contribution in [3.8, 4) is 11.5 Å². The lowest BCUT2D eigenvalue weighted by Crippen LogP contribution is -2.31. The van der Waals surface area contributed by atoms with Gasteiger partial charge in [0.2, 0.25) is 10.0 Å². The van der Waals surface area contributed by atoms with Crippen LogP contribution in [0.3, 0.4) is 0 Å². The molecule has 0 aromatic heterocycles. The van der Waals surface area contributed by atoms with E-state index in [1.807, 2.05) is 31.2 Å². The predicted octanol–water partition coefficient (Wildman–Crippen LogP) is 2.35. The summed E-state index contributed by atoms with van der Waals surface area (Å²) in [5.41, 5.74) is 1.47. The van der Waals surface area contributed by atoms with E-state index in [1.165, 1.54) is 11.4 Å². The molecule has 0 radical (unpaired) electrons. The molecule has 0 heterocycles. The van der Waals surface area contributed by atoms with Gasteiger partial charge in [0, 0.05) is 7.05 Å². The third-order valence-electron chi connectivity index (χ3n) is 4.06. The largest absolute Gasteiger partial charge is 0.497 e. The second kappa shape index (κ2) is 8.77. The SMILES string of the molecule is COc1ccc(C(C)NC(=O)COc2ccc(N(C)S(C)(=O)=O)cc2)cc1. The highest BCUT2D eigenvalue weighted by Gasteiger charge is 2.13. The first-order chi connectivity index (χ1) is 12.7. The Morgan fingerprint density at radius 3 is 2.15 bits per heavy atom. The molecule has 0 aliphatic rings. The summed E-state index contributed by atoms with van der Waals surface area (Å²) in [5, 5.41) is 2.86. The van der Waals surface area contributed by atoms with E-state index in [0.717, 1.165) is 17.6 Å². The molecule has 2 aromatic rings. The Kier molecular flexibility index (Phi) is 6.68. The number of nitrogens with one attached hydrogen (secondary N) is 1. The minimum atomic E-state index is -3.32. The van der Waals surface area contributed by atoms with Crippen molar-refractivity contribution in [2.24, 2.45) is 0 Å². The van der Waals surface area contributed by atoms with Gasteiger partial charge in [-0.05, 0) is 48.9 Å². The van der Waals surface area contributed by atoms with Crippen LogP contribution in [0.15, 0.2) is 48.5 Å². The van der Waals surface area contributed by atoms with Crippen molar-refractivity contribution in [2.45, 2.75) is 13.0 Å². The minimum absolute atomic E-state index is 0.137. The number of amides is 1. The Morgan fingerprint density at radius 1 is 1.07 bits per heavy atom. The van der Waals surface area contributed by atoms with Crippen molar-refractivity contribution in [2.75, 3.05) is 31.3 Å². The molecule has 8 heteroatoms. The molecule has 1 unspecified atom stereocenters. The first kappa shape index (κ1) is 20.6. The Morgan fingerprint density at radius 2 is 1.63 bits per heavy atom. The van der Waals surface area contributed by atoms with Crippen molar-refractivity contribution in [1.29, 1.82) is 0 Å². The molecule has 7 nitrogen and oxygen atoms in total. The van der Waals surface area contributed by atoms with Crippen LogP contribution >= 0.6 is 0 Å². The van der Waals surface area contributed by atoms with Gasteiger partial charge in [0.25, 0.3) is 5.91 Å². The van der Waals surface area contributed by atoms with E-state index in [1.54, 1.807) is 31.4 Å². The summed E-state index contributed by atoms with van der Waals surface area (Å²) in [5.74, 6) is 0.981. The lowest BCUT2D eigenvalue weighted by Gasteiger charge is -2.17. The van der Waals surface area contributed by atoms with Crippen molar-refractivity contribution in [3.05, 3.63) is 54.1 Å². The summed E-state index contributed by atoms with van der Waals surface area (Å²) in [6, 6.07) is 13.8. The van der Waals surface area contributed by atoms with Crippen LogP contribution in [-0.2, 0) is 14.8 Å². The first-order valence-corrected chi connectivity index (χ1v) is 10.2. The second-order valence-corrected chi connectivity index (χ2v) is 8.09. The zero-order valence-corrected chi connectivity index (χ0v) is 16.6. The maximum Gasteiger partial charge on any atom is 0.258 e. The number of hydrogen-bond acceptors (Lipinski definition) is 5. The summed E-state index contributed by atoms with van der Waals surface area (Å²) in [6.07, 6.45) is 1.13. The van der Waals surface area contributed by atoms with Gasteiger partial charge in [-0.25, -0.2) is 8.42 Å². The molecule has 1 amide bonds. The number of carbonyl (C=O) groups excluding carboxylic acids is 1. The number of carbonyl (C=O) groups is 1. The molecular weight excluding hydrogens is 368 g/mol. The number of nitrogens with zero attached hydrogens (tertiary/aromatic N) is 1. The Bertz CT molecular complexity index is 864. The van der Waals surface area contributed by atoms with Gasteiger partial charge >= 0.3 is 0 Å². The van der Waals surface area contributed by atoms with Gasteiger partial charge in [-0.3, -0.25) is 9.10 Å². The van der Waals surface area contributed by atoms with Crippen molar-refractivity contribution >= 4 is 21.6 Å². The van der Waals surface area contributed by atoms with Crippen LogP contribution in [-0.4, -0.2) is 41.3 Å². The van der Waals surface area contributed by atoms with E-state index in [4.69, 9.17) is 9.47 Å². The average molecular weight is 392 g/mol. The summed E-state index contributed by atoms with van der Waals surface area (Å²) < 4.78 is 34.8. The first-order valence-electron chi connectivity index (χ1n) is 8.31. The molecule has 1 atom stereocenters. The summed E-state index contributed by atoms with van der Waals surface area (Å²) >= 11 is 0. The zero-order chi connectivity index (χ0) is 20.0. The number of sulfonamides is 1. The van der Waals surface area contributed by atoms with Gasteiger partial charge in [-0.2, -0.15) is 0 Å². The molecule has 0 aliphatic carbocycles. The van der Waals surface area contributed by atoms with Crippen LogP contribution in [0.5, 0.6) is 11.5 Å². The lowest BCUT2D eigenvalue weighted by molar-refractivity contribution is -0.123. The number of hydrogen-bond donors (Lipinski definition) is 1. The smallest absolute Gasteiger partial charge is 0.258 e. The standard InChI is InChI=1S/C19H24N2O5S/c1-14(15-5-9-17(25-3)10-6-15)20-19(22)13-26-18-11-7-16(8-12-18)21(2)27(4,23)24/h5-12,14H,13H2,1-4H3,(H,20,22). The van der Waals surface area contributed by atoms with Crippen molar-refractivity contribution < 1.29 is 22.7 Å². The molecule has 0 saturated carbocycles. The molecule has 1 N–H and O–H groups in total. The molecule has 0 saturated heterocycles.